The van der Waals surface area contributed by atoms with E-state index in [1.165, 1.54) is 86.8 Å². The van der Waals surface area contributed by atoms with Gasteiger partial charge in [-0.25, -0.2) is 33.6 Å². The normalized spacial score (nSPS) is 11.0. The Morgan fingerprint density at radius 1 is 0.356 bits per heavy atom. The summed E-state index contributed by atoms with van der Waals surface area (Å²) in [6.45, 7) is 14.6. The molecule has 708 valence electrons. The fourth-order valence-electron chi connectivity index (χ4n) is 12.3. The SMILES string of the molecule is CCOC(=O)c1c(-c2ccc(Cl)c(Cl)c2)csc1NC(=O)N(C)C.CCOC(=O)c1c(-c2ccc(Cl)c(Cl)c2)csc1NC(=O)N1CCCC1.CCOC(=O)c1c(-c2ccc(Cl)c(Cl)c2)csc1NC(C)=O.CCOC(=O)c1c(-c2ccc(Cl)c(Cl)c2)csc1NC(C)=O.CCOC(=O)c1c(-c2ccncc2)csc1N.Nc1scc(-c2ccc(Cl)c(Cl)c2)c1C(=O)NCc1ccncc1. The predicted molar refractivity (Wildman–Crippen MR) is 552 cm³/mol. The van der Waals surface area contributed by atoms with Gasteiger partial charge in [-0.1, -0.05) is 146 Å². The van der Waals surface area contributed by atoms with Crippen LogP contribution >= 0.6 is 184 Å². The van der Waals surface area contributed by atoms with Crippen molar-refractivity contribution in [1.82, 2.24) is 25.1 Å². The number of benzene rings is 5. The molecule has 1 aliphatic heterocycles. The molecule has 42 heteroatoms. The maximum absolute atomic E-state index is 12.6. The molecule has 9 heterocycles. The largest absolute Gasteiger partial charge is 0.462 e. The number of halogens is 10. The summed E-state index contributed by atoms with van der Waals surface area (Å²) in [7, 11) is 3.24. The Labute approximate surface area is 851 Å². The highest BCUT2D eigenvalue weighted by Crippen LogP contribution is 2.45. The number of aromatic nitrogens is 2. The van der Waals surface area contributed by atoms with Crippen LogP contribution in [0.15, 0.2) is 172 Å². The number of hydrogen-bond donors (Lipinski definition) is 7. The molecule has 7 amide bonds. The molecule has 0 aliphatic carbocycles. The van der Waals surface area contributed by atoms with Crippen LogP contribution in [0.3, 0.4) is 0 Å². The van der Waals surface area contributed by atoms with Crippen LogP contribution in [0.5, 0.6) is 0 Å². The fraction of sp³-hybridized carbons (Fsp3) is 0.204. The van der Waals surface area contributed by atoms with E-state index >= 15 is 0 Å². The summed E-state index contributed by atoms with van der Waals surface area (Å²) in [5.74, 6) is -3.09. The minimum absolute atomic E-state index is 0.199. The van der Waals surface area contributed by atoms with Gasteiger partial charge >= 0.3 is 41.9 Å². The highest BCUT2D eigenvalue weighted by Gasteiger charge is 2.30. The molecule has 26 nitrogen and oxygen atoms in total. The van der Waals surface area contributed by atoms with Crippen LogP contribution in [0.4, 0.5) is 39.6 Å². The van der Waals surface area contributed by atoms with Gasteiger partial charge < -0.3 is 60.9 Å². The van der Waals surface area contributed by atoms with Gasteiger partial charge in [0, 0.05) is 138 Å². The molecule has 1 aliphatic rings. The molecule has 13 aromatic rings. The zero-order valence-electron chi connectivity index (χ0n) is 73.1. The number of hydrogen-bond acceptors (Lipinski definition) is 25. The summed E-state index contributed by atoms with van der Waals surface area (Å²) < 4.78 is 25.5. The number of urea groups is 2. The first kappa shape index (κ1) is 108. The minimum atomic E-state index is -0.506. The topological polar surface area (TPSA) is 361 Å². The standard InChI is InChI=1S/C18H18Cl2N2O3S.C17H13Cl2N3OS.C16H16Cl2N2O3S.2C15H13Cl2NO3S.C12H12N2O2S/c1-2-25-17(23)15-12(11-5-6-13(19)14(20)9-11)10-26-16(15)21-18(24)22-7-3-4-8-22;18-13-2-1-11(7-14(13)19)12-9-24-16(20)15(12)17(23)22-8-10-3-5-21-6-4-10;1-4-23-15(21)13-10(9-5-6-11(17)12(18)7-9)8-24-14(13)19-16(22)20(2)3;2*1-3-21-15(20)13-10(7-22-14(13)18-8(2)19)9-4-5-11(16)12(17)6-9;1-2-16-12(15)10-9(7-17-11(10)13)8-3-5-14-6-4-8/h5-6,9-10H,2-4,7-8H2,1H3,(H,21,24);1-7,9H,8,20H2,(H,22,23);5-8H,4H2,1-3H3,(H,19,22);2*4-7H,3H2,1-2H3,(H,18,19);3-7H,2,13H2,1H3. The first-order valence-electron chi connectivity index (χ1n) is 40.5. The predicted octanol–water partition coefficient (Wildman–Crippen LogP) is 27.4. The number of esters is 5. The molecule has 135 heavy (non-hydrogen) atoms. The third-order valence-electron chi connectivity index (χ3n) is 18.6. The van der Waals surface area contributed by atoms with E-state index in [1.54, 1.807) is 179 Å². The van der Waals surface area contributed by atoms with Gasteiger partial charge in [0.15, 0.2) is 0 Å². The first-order valence-corrected chi connectivity index (χ1v) is 49.6. The average molecular weight is 2140 g/mol. The number of nitrogens with zero attached hydrogens (tertiary/aromatic N) is 4. The zero-order chi connectivity index (χ0) is 98.4. The molecule has 9 N–H and O–H groups in total. The Bertz CT molecular complexity index is 6300. The highest BCUT2D eigenvalue weighted by molar-refractivity contribution is 7.17. The molecule has 1 saturated heterocycles. The van der Waals surface area contributed by atoms with Crippen molar-refractivity contribution in [2.24, 2.45) is 0 Å². The number of carbonyl (C=O) groups excluding carboxylic acids is 10. The number of carbonyl (C=O) groups is 10. The van der Waals surface area contributed by atoms with Crippen molar-refractivity contribution in [2.75, 3.05) is 93.0 Å². The molecule has 0 unspecified atom stereocenters. The lowest BCUT2D eigenvalue weighted by atomic mass is 10.0. The number of likely N-dealkylation sites (tertiary alicyclic amines) is 1. The molecule has 5 aromatic carbocycles. The maximum atomic E-state index is 12.6. The lowest BCUT2D eigenvalue weighted by Gasteiger charge is -2.16. The van der Waals surface area contributed by atoms with Crippen LogP contribution in [-0.2, 0) is 39.8 Å². The Balaban J connectivity index is 0.000000182. The van der Waals surface area contributed by atoms with Crippen molar-refractivity contribution in [2.45, 2.75) is 67.9 Å². The summed E-state index contributed by atoms with van der Waals surface area (Å²) in [4.78, 5) is 132. The Hall–Kier alpha value is -10.6. The molecule has 14 rings (SSSR count). The van der Waals surface area contributed by atoms with Gasteiger partial charge in [0.1, 0.15) is 52.8 Å². The van der Waals surface area contributed by atoms with Crippen molar-refractivity contribution >= 4 is 274 Å². The molecule has 0 radical (unpaired) electrons. The quantitative estimate of drug-likeness (QED) is 0.0231. The van der Waals surface area contributed by atoms with E-state index in [-0.39, 0.29) is 62.2 Å². The molecule has 0 bridgehead atoms. The Kier molecular flexibility index (Phi) is 42.1. The second-order valence-corrected chi connectivity index (χ2v) is 37.4. The monoisotopic (exact) mass is 2140 g/mol. The Morgan fingerprint density at radius 2 is 0.630 bits per heavy atom. The molecule has 0 spiro atoms. The van der Waals surface area contributed by atoms with E-state index in [0.717, 1.165) is 70.4 Å². The van der Waals surface area contributed by atoms with Crippen molar-refractivity contribution in [3.05, 3.63) is 261 Å². The van der Waals surface area contributed by atoms with Crippen LogP contribution in [0.1, 0.15) is 129 Å². The summed E-state index contributed by atoms with van der Waals surface area (Å²) in [5.41, 5.74) is 23.7. The highest BCUT2D eigenvalue weighted by atomic mass is 35.5. The number of thiophene rings is 6. The van der Waals surface area contributed by atoms with Crippen LogP contribution in [0.25, 0.3) is 66.8 Å². The van der Waals surface area contributed by atoms with Gasteiger partial charge in [-0.05, 0) is 171 Å². The summed E-state index contributed by atoms with van der Waals surface area (Å²) in [6, 6.07) is 32.5. The van der Waals surface area contributed by atoms with Crippen molar-refractivity contribution in [3.8, 4) is 66.8 Å². The van der Waals surface area contributed by atoms with E-state index in [1.807, 2.05) is 46.5 Å². The molecular weight excluding hydrogens is 2060 g/mol. The van der Waals surface area contributed by atoms with Gasteiger partial charge in [-0.3, -0.25) is 35.0 Å². The lowest BCUT2D eigenvalue weighted by molar-refractivity contribution is -0.115. The van der Waals surface area contributed by atoms with Crippen molar-refractivity contribution in [1.29, 1.82) is 0 Å². The molecule has 0 atom stereocenters. The second-order valence-electron chi connectivity index (χ2n) is 28.0. The lowest BCUT2D eigenvalue weighted by Crippen LogP contribution is -2.32. The van der Waals surface area contributed by atoms with E-state index < -0.39 is 23.9 Å². The number of rotatable bonds is 23. The maximum Gasteiger partial charge on any atom is 0.341 e. The van der Waals surface area contributed by atoms with Gasteiger partial charge in [0.05, 0.1) is 93.8 Å². The first-order chi connectivity index (χ1) is 64.5. The van der Waals surface area contributed by atoms with Crippen LogP contribution in [-0.4, -0.2) is 140 Å². The number of pyridine rings is 2. The zero-order valence-corrected chi connectivity index (χ0v) is 85.6. The van der Waals surface area contributed by atoms with Gasteiger partial charge in [-0.2, -0.15) is 0 Å². The summed E-state index contributed by atoms with van der Waals surface area (Å²) in [5, 5.41) is 31.5. The van der Waals surface area contributed by atoms with Crippen molar-refractivity contribution in [3.63, 3.8) is 0 Å². The van der Waals surface area contributed by atoms with Crippen molar-refractivity contribution < 1.29 is 71.6 Å². The van der Waals surface area contributed by atoms with E-state index in [9.17, 15) is 47.9 Å². The minimum Gasteiger partial charge on any atom is -0.462 e. The van der Waals surface area contributed by atoms with Crippen LogP contribution in [0, 0.1) is 0 Å². The number of ether oxygens (including phenoxy) is 5. The number of anilines is 6. The van der Waals surface area contributed by atoms with E-state index in [4.69, 9.17) is 151 Å². The summed E-state index contributed by atoms with van der Waals surface area (Å²) in [6.07, 6.45) is 8.72. The number of nitrogen functional groups attached to an aromatic ring is 2. The molecule has 8 aromatic heterocycles. The average Bonchev–Trinajstić information content (AvgIpc) is 1.69. The smallest absolute Gasteiger partial charge is 0.341 e. The fourth-order valence-corrected chi connectivity index (χ4v) is 19.4. The second kappa shape index (κ2) is 52.6. The Morgan fingerprint density at radius 3 is 0.933 bits per heavy atom. The van der Waals surface area contributed by atoms with E-state index in [2.05, 4.69) is 36.6 Å². The number of amides is 7. The third-order valence-corrected chi connectivity index (χ3v) is 27.5. The van der Waals surface area contributed by atoms with Crippen LogP contribution in [0.2, 0.25) is 50.2 Å². The third kappa shape index (κ3) is 29.7. The van der Waals surface area contributed by atoms with Gasteiger partial charge in [0.25, 0.3) is 5.91 Å². The number of nitrogens with one attached hydrogen (secondary N) is 5. The molecule has 1 fully saturated rings. The summed E-state index contributed by atoms with van der Waals surface area (Å²) >= 11 is 67.7. The van der Waals surface area contributed by atoms with E-state index in [0.29, 0.717) is 155 Å². The van der Waals surface area contributed by atoms with Crippen LogP contribution < -0.4 is 38.1 Å². The van der Waals surface area contributed by atoms with Gasteiger partial charge in [0.2, 0.25) is 11.8 Å². The molecule has 0 saturated carbocycles. The number of nitrogens with two attached hydrogens (primary N) is 2. The van der Waals surface area contributed by atoms with Gasteiger partial charge in [-0.15, -0.1) is 68.0 Å². The molecular formula is C93H85Cl10N11O15S6.